The van der Waals surface area contributed by atoms with Crippen molar-refractivity contribution >= 4 is 29.1 Å². The monoisotopic (exact) mass is 371 g/mol. The summed E-state index contributed by atoms with van der Waals surface area (Å²) >= 11 is 0. The van der Waals surface area contributed by atoms with E-state index >= 15 is 0 Å². The van der Waals surface area contributed by atoms with E-state index in [1.54, 1.807) is 0 Å². The van der Waals surface area contributed by atoms with Gasteiger partial charge in [-0.2, -0.15) is 0 Å². The Morgan fingerprint density at radius 2 is 1.89 bits per heavy atom. The molecular weight excluding hydrogens is 356 g/mol. The second-order valence-corrected chi connectivity index (χ2v) is 6.46. The third kappa shape index (κ3) is 2.92. The van der Waals surface area contributed by atoms with Crippen LogP contribution in [0.3, 0.4) is 0 Å². The van der Waals surface area contributed by atoms with Crippen molar-refractivity contribution in [2.45, 2.75) is 18.9 Å². The maximum atomic E-state index is 13.8. The summed E-state index contributed by atoms with van der Waals surface area (Å²) in [5.41, 5.74) is 0.0577. The van der Waals surface area contributed by atoms with E-state index in [1.165, 1.54) is 23.1 Å². The van der Waals surface area contributed by atoms with Gasteiger partial charge in [0.25, 0.3) is 11.8 Å². The fraction of sp³-hybridized carbons (Fsp3) is 0.211. The Hall–Kier alpha value is -3.29. The van der Waals surface area contributed by atoms with Crippen molar-refractivity contribution in [2.75, 3.05) is 17.2 Å². The average Bonchev–Trinajstić information content (AvgIpc) is 3.09. The number of rotatable bonds is 2. The molecule has 3 amide bonds. The van der Waals surface area contributed by atoms with Gasteiger partial charge in [-0.25, -0.2) is 8.78 Å². The molecule has 0 radical (unpaired) electrons. The Balaban J connectivity index is 1.65. The highest BCUT2D eigenvalue weighted by Gasteiger charge is 2.38. The first-order valence-corrected chi connectivity index (χ1v) is 8.47. The van der Waals surface area contributed by atoms with Gasteiger partial charge in [0, 0.05) is 12.2 Å². The summed E-state index contributed by atoms with van der Waals surface area (Å²) in [6, 6.07) is 6.98. The number of carbonyl (C=O) groups excluding carboxylic acids is 3. The molecule has 0 aliphatic carbocycles. The first-order valence-electron chi connectivity index (χ1n) is 8.47. The molecule has 4 rings (SSSR count). The molecule has 2 aromatic rings. The number of nitrogens with one attached hydrogen (secondary N) is 2. The predicted molar refractivity (Wildman–Crippen MR) is 93.4 cm³/mol. The summed E-state index contributed by atoms with van der Waals surface area (Å²) in [6.45, 7) is 0.480. The SMILES string of the molecule is O=C(Nc1ccc2c(c1)C(=O)N1CCCC1C(=O)N2)c1c(F)cccc1F. The lowest BCUT2D eigenvalue weighted by molar-refractivity contribution is -0.119. The molecule has 1 saturated heterocycles. The van der Waals surface area contributed by atoms with E-state index in [2.05, 4.69) is 10.6 Å². The maximum absolute atomic E-state index is 13.8. The van der Waals surface area contributed by atoms with E-state index in [0.717, 1.165) is 24.6 Å². The average molecular weight is 371 g/mol. The van der Waals surface area contributed by atoms with Gasteiger partial charge in [0.15, 0.2) is 0 Å². The van der Waals surface area contributed by atoms with E-state index in [-0.39, 0.29) is 23.1 Å². The van der Waals surface area contributed by atoms with Crippen LogP contribution in [-0.4, -0.2) is 35.2 Å². The van der Waals surface area contributed by atoms with Gasteiger partial charge in [-0.1, -0.05) is 6.07 Å². The minimum Gasteiger partial charge on any atom is -0.327 e. The normalized spacial score (nSPS) is 18.4. The molecule has 6 nitrogen and oxygen atoms in total. The van der Waals surface area contributed by atoms with Gasteiger partial charge in [-0.15, -0.1) is 0 Å². The van der Waals surface area contributed by atoms with Crippen LogP contribution in [0.1, 0.15) is 33.6 Å². The smallest absolute Gasteiger partial charge is 0.261 e. The van der Waals surface area contributed by atoms with Crippen LogP contribution in [-0.2, 0) is 4.79 Å². The fourth-order valence-electron chi connectivity index (χ4n) is 3.47. The number of hydrogen-bond donors (Lipinski definition) is 2. The molecule has 0 bridgehead atoms. The summed E-state index contributed by atoms with van der Waals surface area (Å²) in [4.78, 5) is 38.8. The van der Waals surface area contributed by atoms with Crippen molar-refractivity contribution in [3.8, 4) is 0 Å². The van der Waals surface area contributed by atoms with Crippen LogP contribution in [0.25, 0.3) is 0 Å². The number of anilines is 2. The molecule has 2 N–H and O–H groups in total. The van der Waals surface area contributed by atoms with E-state index < -0.39 is 29.1 Å². The lowest BCUT2D eigenvalue weighted by Gasteiger charge is -2.20. The number of hydrogen-bond acceptors (Lipinski definition) is 3. The zero-order valence-corrected chi connectivity index (χ0v) is 14.1. The standard InChI is InChI=1S/C19H15F2N3O3/c20-12-3-1-4-13(21)16(12)18(26)22-10-6-7-14-11(9-10)19(27)24-8-2-5-15(24)17(25)23-14/h1,3-4,6-7,9,15H,2,5,8H2,(H,22,26)(H,23,25). The summed E-state index contributed by atoms with van der Waals surface area (Å²) in [5.74, 6) is -3.49. The molecule has 0 spiro atoms. The molecular formula is C19H15F2N3O3. The topological polar surface area (TPSA) is 78.5 Å². The molecule has 1 atom stereocenters. The number of benzene rings is 2. The highest BCUT2D eigenvalue weighted by atomic mass is 19.1. The molecule has 27 heavy (non-hydrogen) atoms. The van der Waals surface area contributed by atoms with Crippen LogP contribution in [0.4, 0.5) is 20.2 Å². The van der Waals surface area contributed by atoms with Gasteiger partial charge in [-0.3, -0.25) is 14.4 Å². The van der Waals surface area contributed by atoms with Crippen LogP contribution in [0.15, 0.2) is 36.4 Å². The first-order chi connectivity index (χ1) is 13.0. The molecule has 2 aliphatic rings. The third-order valence-electron chi connectivity index (χ3n) is 4.77. The Kier molecular flexibility index (Phi) is 4.10. The van der Waals surface area contributed by atoms with Crippen molar-refractivity contribution in [3.05, 3.63) is 59.2 Å². The predicted octanol–water partition coefficient (Wildman–Crippen LogP) is 2.77. The zero-order chi connectivity index (χ0) is 19.1. The summed E-state index contributed by atoms with van der Waals surface area (Å²) < 4.78 is 27.5. The molecule has 1 unspecified atom stereocenters. The van der Waals surface area contributed by atoms with E-state index in [9.17, 15) is 23.2 Å². The molecule has 1 fully saturated rings. The second kappa shape index (κ2) is 6.46. The van der Waals surface area contributed by atoms with Crippen LogP contribution in [0.2, 0.25) is 0 Å². The number of carbonyl (C=O) groups is 3. The Morgan fingerprint density at radius 3 is 2.63 bits per heavy atom. The van der Waals surface area contributed by atoms with Gasteiger partial charge >= 0.3 is 0 Å². The van der Waals surface area contributed by atoms with Crippen LogP contribution < -0.4 is 10.6 Å². The summed E-state index contributed by atoms with van der Waals surface area (Å²) in [5, 5.41) is 5.12. The lowest BCUT2D eigenvalue weighted by atomic mass is 10.1. The van der Waals surface area contributed by atoms with Gasteiger partial charge in [-0.05, 0) is 43.2 Å². The number of amides is 3. The molecule has 138 valence electrons. The van der Waals surface area contributed by atoms with E-state index in [1.807, 2.05) is 0 Å². The van der Waals surface area contributed by atoms with Crippen molar-refractivity contribution in [2.24, 2.45) is 0 Å². The van der Waals surface area contributed by atoms with Crippen molar-refractivity contribution in [3.63, 3.8) is 0 Å². The van der Waals surface area contributed by atoms with Gasteiger partial charge in [0.2, 0.25) is 5.91 Å². The number of halogens is 2. The maximum Gasteiger partial charge on any atom is 0.261 e. The number of nitrogens with zero attached hydrogens (tertiary/aromatic N) is 1. The molecule has 8 heteroatoms. The number of fused-ring (bicyclic) bond motifs is 2. The third-order valence-corrected chi connectivity index (χ3v) is 4.77. The molecule has 2 aromatic carbocycles. The Morgan fingerprint density at radius 1 is 1.15 bits per heavy atom. The quantitative estimate of drug-likeness (QED) is 0.852. The highest BCUT2D eigenvalue weighted by Crippen LogP contribution is 2.30. The lowest BCUT2D eigenvalue weighted by Crippen LogP contribution is -2.40. The largest absolute Gasteiger partial charge is 0.327 e. The van der Waals surface area contributed by atoms with Gasteiger partial charge in [0.05, 0.1) is 11.3 Å². The molecule has 0 saturated carbocycles. The molecule has 2 aliphatic heterocycles. The highest BCUT2D eigenvalue weighted by molar-refractivity contribution is 6.11. The Labute approximate surface area is 153 Å². The first kappa shape index (κ1) is 17.1. The Bertz CT molecular complexity index is 956. The van der Waals surface area contributed by atoms with Gasteiger partial charge < -0.3 is 15.5 Å². The van der Waals surface area contributed by atoms with Crippen LogP contribution >= 0.6 is 0 Å². The fourth-order valence-corrected chi connectivity index (χ4v) is 3.47. The van der Waals surface area contributed by atoms with Gasteiger partial charge in [0.1, 0.15) is 23.2 Å². The van der Waals surface area contributed by atoms with E-state index in [4.69, 9.17) is 0 Å². The van der Waals surface area contributed by atoms with Crippen molar-refractivity contribution < 1.29 is 23.2 Å². The summed E-state index contributed by atoms with van der Waals surface area (Å²) in [6.07, 6.45) is 1.34. The van der Waals surface area contributed by atoms with Crippen molar-refractivity contribution in [1.82, 2.24) is 4.90 Å². The minimum atomic E-state index is -0.981. The second-order valence-electron chi connectivity index (χ2n) is 6.46. The summed E-state index contributed by atoms with van der Waals surface area (Å²) in [7, 11) is 0. The van der Waals surface area contributed by atoms with Crippen LogP contribution in [0.5, 0.6) is 0 Å². The zero-order valence-electron chi connectivity index (χ0n) is 14.1. The molecule has 2 heterocycles. The molecule has 0 aromatic heterocycles. The van der Waals surface area contributed by atoms with Crippen LogP contribution in [0, 0.1) is 11.6 Å². The van der Waals surface area contributed by atoms with E-state index in [0.29, 0.717) is 18.7 Å². The minimum absolute atomic E-state index is 0.196. The van der Waals surface area contributed by atoms with Crippen molar-refractivity contribution in [1.29, 1.82) is 0 Å².